The second-order valence-electron chi connectivity index (χ2n) is 13.0. The van der Waals surface area contributed by atoms with Gasteiger partial charge in [-0.15, -0.1) is 0 Å². The average molecular weight is 616 g/mol. The molecule has 4 fully saturated rings. The highest BCUT2D eigenvalue weighted by Crippen LogP contribution is 2.60. The van der Waals surface area contributed by atoms with Gasteiger partial charge in [0.15, 0.2) is 0 Å². The van der Waals surface area contributed by atoms with Gasteiger partial charge in [0, 0.05) is 18.0 Å². The van der Waals surface area contributed by atoms with E-state index in [1.807, 2.05) is 6.92 Å². The van der Waals surface area contributed by atoms with Crippen LogP contribution in [-0.2, 0) is 26.0 Å². The first kappa shape index (κ1) is 30.8. The number of nitrogens with one attached hydrogen (secondary N) is 3. The summed E-state index contributed by atoms with van der Waals surface area (Å²) < 4.78 is 28.5. The number of hydrogen-bond donors (Lipinski definition) is 4. The monoisotopic (exact) mass is 615 g/mol. The maximum absolute atomic E-state index is 13.5. The van der Waals surface area contributed by atoms with Crippen molar-refractivity contribution in [1.82, 2.24) is 4.72 Å². The first-order valence-corrected chi connectivity index (χ1v) is 16.9. The largest absolute Gasteiger partial charge is 0.506 e. The Morgan fingerprint density at radius 1 is 0.952 bits per heavy atom. The second kappa shape index (κ2) is 11.8. The summed E-state index contributed by atoms with van der Waals surface area (Å²) in [5.74, 6) is 0.311. The highest BCUT2D eigenvalue weighted by molar-refractivity contribution is 7.89. The molecule has 2 amide bonds. The Hall–Kier alpha value is -2.62. The van der Waals surface area contributed by atoms with E-state index < -0.39 is 22.0 Å². The number of aryl methyl sites for hydroxylation is 1. The van der Waals surface area contributed by atoms with Crippen LogP contribution in [0.25, 0.3) is 0 Å². The molecular formula is C32H42ClN3O5S. The molecule has 2 aromatic rings. The van der Waals surface area contributed by atoms with E-state index >= 15 is 0 Å². The van der Waals surface area contributed by atoms with Crippen LogP contribution in [0.15, 0.2) is 41.3 Å². The summed E-state index contributed by atoms with van der Waals surface area (Å²) in [7, 11) is -3.76. The average Bonchev–Trinajstić information content (AvgIpc) is 2.93. The zero-order valence-corrected chi connectivity index (χ0v) is 26.3. The van der Waals surface area contributed by atoms with Crippen LogP contribution < -0.4 is 15.4 Å². The van der Waals surface area contributed by atoms with E-state index in [0.717, 1.165) is 31.2 Å². The lowest BCUT2D eigenvalue weighted by atomic mass is 9.49. The van der Waals surface area contributed by atoms with Gasteiger partial charge in [0.2, 0.25) is 21.8 Å². The molecule has 0 radical (unpaired) electrons. The minimum atomic E-state index is -3.76. The molecule has 0 saturated heterocycles. The van der Waals surface area contributed by atoms with Gasteiger partial charge in [0.25, 0.3) is 0 Å². The molecule has 0 spiro atoms. The van der Waals surface area contributed by atoms with Crippen LogP contribution in [0, 0.1) is 35.0 Å². The van der Waals surface area contributed by atoms with Crippen LogP contribution in [0.1, 0.15) is 71.8 Å². The lowest BCUT2D eigenvalue weighted by molar-refractivity contribution is -0.140. The van der Waals surface area contributed by atoms with Gasteiger partial charge in [-0.25, -0.2) is 13.1 Å². The summed E-state index contributed by atoms with van der Waals surface area (Å²) >= 11 is 6.50. The third-order valence-corrected chi connectivity index (χ3v) is 12.0. The third-order valence-electron chi connectivity index (χ3n) is 10.1. The lowest BCUT2D eigenvalue weighted by Crippen LogP contribution is -2.51. The number of rotatable bonds is 10. The van der Waals surface area contributed by atoms with E-state index in [1.165, 1.54) is 31.4 Å². The smallest absolute Gasteiger partial charge is 0.240 e. The van der Waals surface area contributed by atoms with E-state index in [0.29, 0.717) is 17.8 Å². The van der Waals surface area contributed by atoms with Crippen molar-refractivity contribution in [1.29, 1.82) is 0 Å². The van der Waals surface area contributed by atoms with Gasteiger partial charge >= 0.3 is 0 Å². The Morgan fingerprint density at radius 2 is 1.52 bits per heavy atom. The summed E-state index contributed by atoms with van der Waals surface area (Å²) in [4.78, 5) is 26.8. The standard InChI is InChI=1S/C32H42ClN3O5S/c1-5-21-6-8-25(9-7-21)42(40,41)36-20(4)18(2)19(3)30(38)34-27-14-29(37)28(13-26(27)33)35-31(39)32-15-22-10-23(16-32)12-24(11-22)17-32/h6-9,13-14,18-20,22-24,36-37H,5,10-12,15-17H2,1-4H3,(H,34,38)(H,35,39). The van der Waals surface area contributed by atoms with Gasteiger partial charge in [-0.05, 0) is 99.3 Å². The Morgan fingerprint density at radius 3 is 2.07 bits per heavy atom. The molecule has 4 aliphatic rings. The number of carbonyl (C=O) groups is 2. The van der Waals surface area contributed by atoms with Gasteiger partial charge in [-0.3, -0.25) is 9.59 Å². The minimum Gasteiger partial charge on any atom is -0.506 e. The van der Waals surface area contributed by atoms with Crippen molar-refractivity contribution >= 4 is 44.8 Å². The summed E-state index contributed by atoms with van der Waals surface area (Å²) in [5, 5.41) is 16.6. The molecule has 4 aliphatic carbocycles. The zero-order valence-electron chi connectivity index (χ0n) is 24.7. The van der Waals surface area contributed by atoms with Crippen LogP contribution in [0.5, 0.6) is 5.75 Å². The molecule has 2 aromatic carbocycles. The number of sulfonamides is 1. The fourth-order valence-electron chi connectivity index (χ4n) is 7.64. The number of benzene rings is 2. The molecule has 228 valence electrons. The predicted octanol–water partition coefficient (Wildman–Crippen LogP) is 6.34. The third kappa shape index (κ3) is 6.19. The van der Waals surface area contributed by atoms with Crippen molar-refractivity contribution in [2.24, 2.45) is 35.0 Å². The maximum Gasteiger partial charge on any atom is 0.240 e. The Kier molecular flexibility index (Phi) is 8.67. The number of phenols is 1. The molecule has 42 heavy (non-hydrogen) atoms. The quantitative estimate of drug-likeness (QED) is 0.232. The molecule has 4 saturated carbocycles. The molecule has 0 aromatic heterocycles. The number of hydrogen-bond acceptors (Lipinski definition) is 5. The van der Waals surface area contributed by atoms with Gasteiger partial charge in [0.1, 0.15) is 5.75 Å². The summed E-state index contributed by atoms with van der Waals surface area (Å²) in [6.07, 6.45) is 7.22. The first-order chi connectivity index (χ1) is 19.8. The van der Waals surface area contributed by atoms with Crippen LogP contribution in [0.2, 0.25) is 5.02 Å². The fraction of sp³-hybridized carbons (Fsp3) is 0.562. The molecule has 4 N–H and O–H groups in total. The van der Waals surface area contributed by atoms with Crippen LogP contribution in [0.3, 0.4) is 0 Å². The lowest BCUT2D eigenvalue weighted by Gasteiger charge is -2.55. The van der Waals surface area contributed by atoms with Crippen molar-refractivity contribution in [2.75, 3.05) is 10.6 Å². The maximum atomic E-state index is 13.5. The molecule has 0 aliphatic heterocycles. The molecular weight excluding hydrogens is 574 g/mol. The minimum absolute atomic E-state index is 0.0510. The number of anilines is 2. The van der Waals surface area contributed by atoms with E-state index in [1.54, 1.807) is 45.0 Å². The number of phenolic OH excluding ortho intramolecular Hbond substituents is 1. The number of halogens is 1. The van der Waals surface area contributed by atoms with Crippen molar-refractivity contribution in [2.45, 2.75) is 83.6 Å². The second-order valence-corrected chi connectivity index (χ2v) is 15.2. The topological polar surface area (TPSA) is 125 Å². The first-order valence-electron chi connectivity index (χ1n) is 15.1. The number of carbonyl (C=O) groups excluding carboxylic acids is 2. The van der Waals surface area contributed by atoms with Gasteiger partial charge in [-0.2, -0.15) is 0 Å². The van der Waals surface area contributed by atoms with E-state index in [-0.39, 0.29) is 50.2 Å². The van der Waals surface area contributed by atoms with Crippen molar-refractivity contribution in [3.05, 3.63) is 47.0 Å². The molecule has 4 bridgehead atoms. The fourth-order valence-corrected chi connectivity index (χ4v) is 9.19. The Balaban J connectivity index is 1.21. The molecule has 6 rings (SSSR count). The van der Waals surface area contributed by atoms with E-state index in [9.17, 15) is 23.1 Å². The molecule has 10 heteroatoms. The highest BCUT2D eigenvalue weighted by Gasteiger charge is 2.54. The van der Waals surface area contributed by atoms with Crippen LogP contribution in [-0.4, -0.2) is 31.4 Å². The van der Waals surface area contributed by atoms with Gasteiger partial charge < -0.3 is 15.7 Å². The molecule has 0 heterocycles. The van der Waals surface area contributed by atoms with Crippen molar-refractivity contribution in [3.63, 3.8) is 0 Å². The van der Waals surface area contributed by atoms with Crippen LogP contribution >= 0.6 is 11.6 Å². The van der Waals surface area contributed by atoms with Crippen molar-refractivity contribution < 1.29 is 23.1 Å². The van der Waals surface area contributed by atoms with E-state index in [2.05, 4.69) is 15.4 Å². The van der Waals surface area contributed by atoms with Gasteiger partial charge in [0.05, 0.1) is 26.7 Å². The molecule has 3 unspecified atom stereocenters. The Labute approximate surface area is 254 Å². The predicted molar refractivity (Wildman–Crippen MR) is 165 cm³/mol. The Bertz CT molecular complexity index is 1420. The SMILES string of the molecule is CCc1ccc(S(=O)(=O)NC(C)C(C)C(C)C(=O)Nc2cc(O)c(NC(=O)C34CC5CC(CC(C5)C3)C4)cc2Cl)cc1. The summed E-state index contributed by atoms with van der Waals surface area (Å²) in [5.41, 5.74) is 1.12. The number of amides is 2. The normalized spacial score (nSPS) is 26.8. The number of aromatic hydroxyl groups is 1. The van der Waals surface area contributed by atoms with Crippen LogP contribution in [0.4, 0.5) is 11.4 Å². The molecule has 8 nitrogen and oxygen atoms in total. The highest BCUT2D eigenvalue weighted by atomic mass is 35.5. The summed E-state index contributed by atoms with van der Waals surface area (Å²) in [6.45, 7) is 7.25. The molecule has 3 atom stereocenters. The van der Waals surface area contributed by atoms with Crippen molar-refractivity contribution in [3.8, 4) is 5.75 Å². The zero-order chi connectivity index (χ0) is 30.4. The summed E-state index contributed by atoms with van der Waals surface area (Å²) in [6, 6.07) is 9.03. The van der Waals surface area contributed by atoms with Gasteiger partial charge in [-0.1, -0.05) is 44.5 Å². The van der Waals surface area contributed by atoms with E-state index in [4.69, 9.17) is 11.6 Å².